The number of nitrogens with zero attached hydrogens (tertiary/aromatic N) is 4. The van der Waals surface area contributed by atoms with Gasteiger partial charge in [-0.05, 0) is 80.9 Å². The van der Waals surface area contributed by atoms with E-state index >= 15 is 0 Å². The lowest BCUT2D eigenvalue weighted by Gasteiger charge is -2.20. The molecule has 0 saturated carbocycles. The summed E-state index contributed by atoms with van der Waals surface area (Å²) in [6, 6.07) is 20.0. The van der Waals surface area contributed by atoms with Crippen molar-refractivity contribution < 1.29 is 19.1 Å². The molecular formula is C29H27N5O4. The summed E-state index contributed by atoms with van der Waals surface area (Å²) in [5.41, 5.74) is 2.03. The van der Waals surface area contributed by atoms with Crippen LogP contribution in [0.15, 0.2) is 77.0 Å². The molecule has 3 aromatic carbocycles. The van der Waals surface area contributed by atoms with Gasteiger partial charge in [0.15, 0.2) is 5.69 Å². The number of anilines is 1. The molecule has 3 aromatic rings. The molecule has 192 valence electrons. The molecule has 0 bridgehead atoms. The number of ether oxygens (including phenoxy) is 2. The Morgan fingerprint density at radius 2 is 1.74 bits per heavy atom. The largest absolute Gasteiger partial charge is 0.490 e. The first-order valence-corrected chi connectivity index (χ1v) is 11.9. The van der Waals surface area contributed by atoms with Crippen LogP contribution in [0.1, 0.15) is 43.1 Å². The third-order valence-corrected chi connectivity index (χ3v) is 5.77. The van der Waals surface area contributed by atoms with Crippen molar-refractivity contribution in [3.63, 3.8) is 0 Å². The van der Waals surface area contributed by atoms with Gasteiger partial charge in [-0.15, -0.1) is 5.11 Å². The maximum absolute atomic E-state index is 12.6. The number of carbonyl (C=O) groups excluding carboxylic acids is 2. The van der Waals surface area contributed by atoms with Crippen molar-refractivity contribution in [2.75, 3.05) is 18.5 Å². The molecule has 1 N–H and O–H groups in total. The van der Waals surface area contributed by atoms with Crippen molar-refractivity contribution in [1.29, 1.82) is 5.26 Å². The van der Waals surface area contributed by atoms with E-state index in [-0.39, 0.29) is 30.7 Å². The average molecular weight is 510 g/mol. The van der Waals surface area contributed by atoms with Gasteiger partial charge in [-0.1, -0.05) is 13.0 Å². The van der Waals surface area contributed by atoms with Crippen LogP contribution in [-0.4, -0.2) is 25.1 Å². The van der Waals surface area contributed by atoms with Crippen molar-refractivity contribution in [3.8, 4) is 11.8 Å². The number of hydrogen-bond donors (Lipinski definition) is 1. The van der Waals surface area contributed by atoms with Gasteiger partial charge in [-0.2, -0.15) is 10.4 Å². The van der Waals surface area contributed by atoms with E-state index in [2.05, 4.69) is 20.4 Å². The van der Waals surface area contributed by atoms with Crippen LogP contribution in [-0.2, 0) is 9.53 Å². The fourth-order valence-corrected chi connectivity index (χ4v) is 3.03. The number of hydrogen-bond acceptors (Lipinski definition) is 7. The molecular weight excluding hydrogens is 482 g/mol. The van der Waals surface area contributed by atoms with Crippen molar-refractivity contribution in [2.45, 2.75) is 27.2 Å². The Morgan fingerprint density at radius 3 is 2.37 bits per heavy atom. The lowest BCUT2D eigenvalue weighted by atomic mass is 9.91. The zero-order valence-corrected chi connectivity index (χ0v) is 21.4. The Morgan fingerprint density at radius 1 is 1.03 bits per heavy atom. The molecule has 0 aromatic heterocycles. The fraction of sp³-hybridized carbons (Fsp3) is 0.241. The first-order chi connectivity index (χ1) is 18.2. The molecule has 0 fully saturated rings. The summed E-state index contributed by atoms with van der Waals surface area (Å²) < 4.78 is 10.8. The second-order valence-corrected chi connectivity index (χ2v) is 8.87. The van der Waals surface area contributed by atoms with E-state index in [1.54, 1.807) is 60.7 Å². The minimum atomic E-state index is -0.519. The molecule has 38 heavy (non-hydrogen) atoms. The Hall–Kier alpha value is -5.02. The third-order valence-electron chi connectivity index (χ3n) is 5.77. The van der Waals surface area contributed by atoms with Crippen molar-refractivity contribution in [2.24, 2.45) is 15.6 Å². The quantitative estimate of drug-likeness (QED) is 0.135. The summed E-state index contributed by atoms with van der Waals surface area (Å²) in [6.45, 7) is 13.0. The number of azo groups is 1. The molecule has 9 nitrogen and oxygen atoms in total. The smallest absolute Gasteiger partial charge is 0.311 e. The molecule has 0 saturated heterocycles. The number of nitriles is 1. The van der Waals surface area contributed by atoms with Gasteiger partial charge in [-0.25, -0.2) is 4.85 Å². The van der Waals surface area contributed by atoms with Gasteiger partial charge >= 0.3 is 5.97 Å². The summed E-state index contributed by atoms with van der Waals surface area (Å²) in [5.74, 6) is 0.0117. The normalized spacial score (nSPS) is 10.9. The second-order valence-electron chi connectivity index (χ2n) is 8.87. The van der Waals surface area contributed by atoms with E-state index in [1.807, 2.05) is 26.8 Å². The number of rotatable bonds is 10. The molecule has 0 spiro atoms. The van der Waals surface area contributed by atoms with E-state index in [4.69, 9.17) is 16.0 Å². The topological polar surface area (TPSA) is 118 Å². The van der Waals surface area contributed by atoms with Gasteiger partial charge in [0.1, 0.15) is 30.7 Å². The third kappa shape index (κ3) is 7.49. The predicted octanol–water partition coefficient (Wildman–Crippen LogP) is 7.13. The number of benzene rings is 3. The maximum atomic E-state index is 12.6. The monoisotopic (exact) mass is 509 g/mol. The average Bonchev–Trinajstić information content (AvgIpc) is 2.94. The Balaban J connectivity index is 1.51. The van der Waals surface area contributed by atoms with Gasteiger partial charge in [0, 0.05) is 11.3 Å². The first kappa shape index (κ1) is 27.6. The van der Waals surface area contributed by atoms with Crippen LogP contribution < -0.4 is 10.1 Å². The fourth-order valence-electron chi connectivity index (χ4n) is 3.03. The zero-order valence-electron chi connectivity index (χ0n) is 21.4. The van der Waals surface area contributed by atoms with E-state index in [9.17, 15) is 14.9 Å². The molecule has 9 heteroatoms. The lowest BCUT2D eigenvalue weighted by molar-refractivity contribution is -0.154. The van der Waals surface area contributed by atoms with Gasteiger partial charge in [0.2, 0.25) is 0 Å². The number of nitrogens with one attached hydrogen (secondary N) is 1. The summed E-state index contributed by atoms with van der Waals surface area (Å²) >= 11 is 0. The maximum Gasteiger partial charge on any atom is 0.311 e. The van der Waals surface area contributed by atoms with Gasteiger partial charge in [-0.3, -0.25) is 9.59 Å². The van der Waals surface area contributed by atoms with Crippen LogP contribution in [0.5, 0.6) is 5.75 Å². The summed E-state index contributed by atoms with van der Waals surface area (Å²) in [4.78, 5) is 27.9. The Bertz CT molecular complexity index is 1400. The van der Waals surface area contributed by atoms with Crippen molar-refractivity contribution in [1.82, 2.24) is 0 Å². The van der Waals surface area contributed by atoms with Crippen LogP contribution in [0.25, 0.3) is 4.85 Å². The molecule has 0 radical (unpaired) electrons. The molecule has 0 aliphatic carbocycles. The van der Waals surface area contributed by atoms with Gasteiger partial charge in [0.25, 0.3) is 5.91 Å². The molecule has 1 amide bonds. The molecule has 0 aliphatic rings. The zero-order chi connectivity index (χ0) is 27.5. The first-order valence-electron chi connectivity index (χ1n) is 11.9. The Kier molecular flexibility index (Phi) is 9.28. The van der Waals surface area contributed by atoms with E-state index < -0.39 is 5.41 Å². The Labute approximate surface area is 221 Å². The van der Waals surface area contributed by atoms with E-state index in [1.165, 1.54) is 6.07 Å². The van der Waals surface area contributed by atoms with Gasteiger partial charge in [0.05, 0.1) is 23.2 Å². The highest BCUT2D eigenvalue weighted by molar-refractivity contribution is 6.04. The highest BCUT2D eigenvalue weighted by Crippen LogP contribution is 2.27. The molecule has 3 rings (SSSR count). The summed E-state index contributed by atoms with van der Waals surface area (Å²) in [5, 5.41) is 20.3. The molecule has 0 atom stereocenters. The van der Waals surface area contributed by atoms with Crippen molar-refractivity contribution in [3.05, 3.63) is 89.3 Å². The van der Waals surface area contributed by atoms with E-state index in [0.29, 0.717) is 40.5 Å². The number of carbonyl (C=O) groups is 2. The highest BCUT2D eigenvalue weighted by Gasteiger charge is 2.26. The minimum Gasteiger partial charge on any atom is -0.490 e. The summed E-state index contributed by atoms with van der Waals surface area (Å²) in [6.07, 6.45) is 0.691. The molecule has 0 heterocycles. The number of amides is 1. The molecule has 0 aliphatic heterocycles. The van der Waals surface area contributed by atoms with Crippen LogP contribution in [0.3, 0.4) is 0 Å². The predicted molar refractivity (Wildman–Crippen MR) is 143 cm³/mol. The summed E-state index contributed by atoms with van der Waals surface area (Å²) in [7, 11) is 0. The van der Waals surface area contributed by atoms with Crippen LogP contribution in [0.4, 0.5) is 22.7 Å². The van der Waals surface area contributed by atoms with E-state index in [0.717, 1.165) is 0 Å². The van der Waals surface area contributed by atoms with Crippen LogP contribution >= 0.6 is 0 Å². The highest BCUT2D eigenvalue weighted by atomic mass is 16.6. The van der Waals surface area contributed by atoms with Gasteiger partial charge < -0.3 is 14.8 Å². The van der Waals surface area contributed by atoms with Crippen molar-refractivity contribution >= 4 is 34.6 Å². The molecule has 0 unspecified atom stereocenters. The standard InChI is InChI=1S/C29H27N5O4/c1-5-29(2,3)28(36)38-17-16-37-25-13-6-20(7-14-25)27(35)32-22-8-10-23(11-9-22)33-34-26-15-12-24(31-4)18-21(26)19-30/h6-15,18H,5,16-17H2,1-3H3,(H,32,35). The van der Waals surface area contributed by atoms with Crippen LogP contribution in [0, 0.1) is 23.3 Å². The number of esters is 1. The lowest BCUT2D eigenvalue weighted by Crippen LogP contribution is -2.27. The second kappa shape index (κ2) is 12.8. The van der Waals surface area contributed by atoms with Crippen LogP contribution in [0.2, 0.25) is 0 Å². The minimum absolute atomic E-state index is 0.147. The SMILES string of the molecule is [C-]#[N+]c1ccc(N=Nc2ccc(NC(=O)c3ccc(OCCOC(=O)C(C)(C)CC)cc3)cc2)c(C#N)c1.